The molecule has 0 N–H and O–H groups in total. The van der Waals surface area contributed by atoms with Crippen LogP contribution in [0.4, 0.5) is 0 Å². The minimum Gasteiger partial charge on any atom is -0.462 e. The molecule has 0 unspecified atom stereocenters. The third-order valence-electron chi connectivity index (χ3n) is 1.91. The third-order valence-corrected chi connectivity index (χ3v) is 1.91. The number of carbonyl (C=O) groups excluding carboxylic acids is 3. The molecule has 5 nitrogen and oxygen atoms in total. The first-order valence-electron chi connectivity index (χ1n) is 4.68. The SMILES string of the molecule is CCOC(=O)c1cn(C)cc1C(=O)C=C=O. The van der Waals surface area contributed by atoms with Gasteiger partial charge in [-0.15, -0.1) is 0 Å². The van der Waals surface area contributed by atoms with Gasteiger partial charge in [0.1, 0.15) is 5.94 Å². The van der Waals surface area contributed by atoms with Crippen LogP contribution in [0.1, 0.15) is 27.6 Å². The van der Waals surface area contributed by atoms with Gasteiger partial charge in [-0.05, 0) is 6.92 Å². The topological polar surface area (TPSA) is 65.4 Å². The van der Waals surface area contributed by atoms with Crippen molar-refractivity contribution in [1.82, 2.24) is 4.57 Å². The van der Waals surface area contributed by atoms with Gasteiger partial charge in [0.2, 0.25) is 0 Å². The second-order valence-corrected chi connectivity index (χ2v) is 3.10. The summed E-state index contributed by atoms with van der Waals surface area (Å²) in [6.45, 7) is 1.90. The number of aromatic nitrogens is 1. The zero-order chi connectivity index (χ0) is 12.1. The summed E-state index contributed by atoms with van der Waals surface area (Å²) >= 11 is 0. The van der Waals surface area contributed by atoms with E-state index < -0.39 is 11.8 Å². The van der Waals surface area contributed by atoms with Gasteiger partial charge in [-0.3, -0.25) is 4.79 Å². The Morgan fingerprint density at radius 1 is 1.44 bits per heavy atom. The van der Waals surface area contributed by atoms with Crippen LogP contribution in [0.5, 0.6) is 0 Å². The Balaban J connectivity index is 3.14. The molecule has 0 spiro atoms. The molecular formula is C11H11NO4. The minimum atomic E-state index is -0.578. The van der Waals surface area contributed by atoms with Gasteiger partial charge in [0.15, 0.2) is 5.78 Å². The Morgan fingerprint density at radius 3 is 2.62 bits per heavy atom. The van der Waals surface area contributed by atoms with Crippen molar-refractivity contribution in [2.24, 2.45) is 7.05 Å². The predicted molar refractivity (Wildman–Crippen MR) is 56.0 cm³/mol. The molecule has 0 atom stereocenters. The fraction of sp³-hybridized carbons (Fsp3) is 0.273. The number of ether oxygens (including phenoxy) is 1. The highest BCUT2D eigenvalue weighted by Crippen LogP contribution is 2.12. The average Bonchev–Trinajstić information content (AvgIpc) is 2.61. The van der Waals surface area contributed by atoms with E-state index in [9.17, 15) is 14.4 Å². The van der Waals surface area contributed by atoms with Gasteiger partial charge >= 0.3 is 5.97 Å². The lowest BCUT2D eigenvalue weighted by atomic mass is 10.1. The van der Waals surface area contributed by atoms with Crippen LogP contribution in [0.25, 0.3) is 0 Å². The van der Waals surface area contributed by atoms with E-state index in [0.717, 1.165) is 6.08 Å². The minimum absolute atomic E-state index is 0.143. The molecule has 1 rings (SSSR count). The van der Waals surface area contributed by atoms with E-state index in [2.05, 4.69) is 0 Å². The highest BCUT2D eigenvalue weighted by molar-refractivity contribution is 6.13. The van der Waals surface area contributed by atoms with Gasteiger partial charge in [0.05, 0.1) is 23.8 Å². The lowest BCUT2D eigenvalue weighted by Crippen LogP contribution is -2.08. The van der Waals surface area contributed by atoms with Gasteiger partial charge < -0.3 is 9.30 Å². The van der Waals surface area contributed by atoms with Crippen LogP contribution in [0.3, 0.4) is 0 Å². The Hall–Kier alpha value is -2.13. The molecule has 0 saturated carbocycles. The monoisotopic (exact) mass is 221 g/mol. The molecule has 0 aliphatic heterocycles. The van der Waals surface area contributed by atoms with Crippen molar-refractivity contribution < 1.29 is 19.1 Å². The maximum absolute atomic E-state index is 11.5. The molecule has 84 valence electrons. The highest BCUT2D eigenvalue weighted by Gasteiger charge is 2.18. The van der Waals surface area contributed by atoms with E-state index in [1.165, 1.54) is 18.3 Å². The van der Waals surface area contributed by atoms with Crippen molar-refractivity contribution in [3.8, 4) is 0 Å². The molecule has 0 aromatic carbocycles. The summed E-state index contributed by atoms with van der Waals surface area (Å²) in [5.74, 6) is 0.253. The quantitative estimate of drug-likeness (QED) is 0.326. The van der Waals surface area contributed by atoms with Crippen molar-refractivity contribution in [3.05, 3.63) is 29.6 Å². The van der Waals surface area contributed by atoms with Crippen LogP contribution in [-0.2, 0) is 16.6 Å². The normalized spacial score (nSPS) is 9.38. The van der Waals surface area contributed by atoms with Crippen molar-refractivity contribution in [2.45, 2.75) is 6.92 Å². The second kappa shape index (κ2) is 5.09. The van der Waals surface area contributed by atoms with Gasteiger partial charge in [-0.2, -0.15) is 0 Å². The van der Waals surface area contributed by atoms with E-state index >= 15 is 0 Å². The molecule has 5 heteroatoms. The summed E-state index contributed by atoms with van der Waals surface area (Å²) in [4.78, 5) is 33.0. The van der Waals surface area contributed by atoms with Crippen molar-refractivity contribution in [1.29, 1.82) is 0 Å². The molecule has 1 heterocycles. The first-order chi connectivity index (χ1) is 7.60. The van der Waals surface area contributed by atoms with Crippen LogP contribution < -0.4 is 0 Å². The number of hydrogen-bond donors (Lipinski definition) is 0. The maximum Gasteiger partial charge on any atom is 0.340 e. The summed E-state index contributed by atoms with van der Waals surface area (Å²) in [7, 11) is 1.67. The summed E-state index contributed by atoms with van der Waals surface area (Å²) in [6.07, 6.45) is 3.68. The maximum atomic E-state index is 11.5. The van der Waals surface area contributed by atoms with Crippen LogP contribution in [0, 0.1) is 0 Å². The van der Waals surface area contributed by atoms with Gasteiger partial charge in [0.25, 0.3) is 0 Å². The van der Waals surface area contributed by atoms with E-state index in [1.807, 2.05) is 0 Å². The molecule has 0 saturated heterocycles. The Bertz CT molecular complexity index is 466. The molecule has 0 radical (unpaired) electrons. The van der Waals surface area contributed by atoms with Crippen LogP contribution in [0.15, 0.2) is 18.5 Å². The molecule has 0 amide bonds. The van der Waals surface area contributed by atoms with E-state index in [4.69, 9.17) is 4.74 Å². The number of allylic oxidation sites excluding steroid dienone is 1. The number of hydrogen-bond acceptors (Lipinski definition) is 4. The third kappa shape index (κ3) is 2.46. The van der Waals surface area contributed by atoms with Gasteiger partial charge in [-0.25, -0.2) is 9.59 Å². The molecular weight excluding hydrogens is 210 g/mol. The molecule has 0 aliphatic rings. The Labute approximate surface area is 92.3 Å². The summed E-state index contributed by atoms with van der Waals surface area (Å²) in [6, 6.07) is 0. The molecule has 0 bridgehead atoms. The van der Waals surface area contributed by atoms with Crippen LogP contribution in [-0.4, -0.2) is 28.9 Å². The highest BCUT2D eigenvalue weighted by atomic mass is 16.5. The summed E-state index contributed by atoms with van der Waals surface area (Å²) in [5.41, 5.74) is 0.296. The first kappa shape index (κ1) is 11.9. The average molecular weight is 221 g/mol. The second-order valence-electron chi connectivity index (χ2n) is 3.10. The number of aryl methyl sites for hydroxylation is 1. The van der Waals surface area contributed by atoms with Crippen LogP contribution >= 0.6 is 0 Å². The molecule has 0 fully saturated rings. The van der Waals surface area contributed by atoms with Gasteiger partial charge in [-0.1, -0.05) is 0 Å². The zero-order valence-electron chi connectivity index (χ0n) is 9.02. The van der Waals surface area contributed by atoms with Crippen molar-refractivity contribution >= 4 is 17.7 Å². The Kier molecular flexibility index (Phi) is 3.80. The van der Waals surface area contributed by atoms with E-state index in [-0.39, 0.29) is 17.7 Å². The predicted octanol–water partition coefficient (Wildman–Crippen LogP) is 0.772. The van der Waals surface area contributed by atoms with Crippen molar-refractivity contribution in [2.75, 3.05) is 6.61 Å². The number of carbonyl (C=O) groups is 2. The number of esters is 1. The zero-order valence-corrected chi connectivity index (χ0v) is 9.02. The Morgan fingerprint density at radius 2 is 2.06 bits per heavy atom. The lowest BCUT2D eigenvalue weighted by Gasteiger charge is -2.00. The summed E-state index contributed by atoms with van der Waals surface area (Å²) in [5, 5.41) is 0. The standard InChI is InChI=1S/C11H11NO4/c1-3-16-11(15)9-7-12(2)6-8(9)10(14)4-5-13/h4,6-7H,3H2,1-2H3. The smallest absolute Gasteiger partial charge is 0.340 e. The van der Waals surface area contributed by atoms with Crippen molar-refractivity contribution in [3.63, 3.8) is 0 Å². The number of ketones is 1. The first-order valence-corrected chi connectivity index (χ1v) is 4.68. The molecule has 1 aromatic rings. The number of nitrogens with zero attached hydrogens (tertiary/aromatic N) is 1. The van der Waals surface area contributed by atoms with E-state index in [0.29, 0.717) is 0 Å². The largest absolute Gasteiger partial charge is 0.462 e. The fourth-order valence-electron chi connectivity index (χ4n) is 1.28. The molecule has 1 aromatic heterocycles. The van der Waals surface area contributed by atoms with E-state index in [1.54, 1.807) is 18.5 Å². The molecule has 0 aliphatic carbocycles. The fourth-order valence-corrected chi connectivity index (χ4v) is 1.28. The summed E-state index contributed by atoms with van der Waals surface area (Å²) < 4.78 is 6.35. The van der Waals surface area contributed by atoms with Crippen LogP contribution in [0.2, 0.25) is 0 Å². The number of rotatable bonds is 4. The van der Waals surface area contributed by atoms with Gasteiger partial charge in [0, 0.05) is 19.4 Å². The lowest BCUT2D eigenvalue weighted by molar-refractivity contribution is 0.0523. The molecule has 16 heavy (non-hydrogen) atoms.